The minimum Gasteiger partial charge on any atom is -0.507 e. The lowest BCUT2D eigenvalue weighted by molar-refractivity contribution is -0.276. The number of benzene rings is 3. The predicted octanol–water partition coefficient (Wildman–Crippen LogP) is 4.54. The summed E-state index contributed by atoms with van der Waals surface area (Å²) in [5.41, 5.74) is 0.802. The van der Waals surface area contributed by atoms with Crippen molar-refractivity contribution in [1.29, 1.82) is 0 Å². The van der Waals surface area contributed by atoms with Crippen molar-refractivity contribution in [3.8, 4) is 17.0 Å². The number of hydrogen-bond acceptors (Lipinski definition) is 7. The Labute approximate surface area is 221 Å². The standard InChI is InChI=1S/C28H25F3N4O4/c29-22-9-17(10-23(30)27(22)31)24-14-35(34-33-24)18-11-19(15-36)39-28(12-18)26(7-8-38-28)32-13-21-20-4-2-1-3-16(20)5-6-25(21)37/h1-6,9-10,13-14,18-19,26,36-37H,7-8,11-12,15H2/t18-,19+,26+,28-/m0/s1. The van der Waals surface area contributed by atoms with E-state index in [1.807, 2.05) is 30.3 Å². The number of phenolic OH excluding ortho intramolecular Hbond substituents is 1. The molecule has 0 bridgehead atoms. The molecule has 0 radical (unpaired) electrons. The van der Waals surface area contributed by atoms with Gasteiger partial charge in [0.05, 0.1) is 31.6 Å². The van der Waals surface area contributed by atoms with Gasteiger partial charge in [-0.2, -0.15) is 0 Å². The lowest BCUT2D eigenvalue weighted by Gasteiger charge is -2.43. The van der Waals surface area contributed by atoms with Gasteiger partial charge in [0, 0.05) is 23.8 Å². The molecule has 2 aliphatic rings. The number of nitrogens with zero attached hydrogens (tertiary/aromatic N) is 4. The molecule has 11 heteroatoms. The minimum atomic E-state index is -1.55. The van der Waals surface area contributed by atoms with Crippen LogP contribution >= 0.6 is 0 Å². The summed E-state index contributed by atoms with van der Waals surface area (Å²) in [6, 6.07) is 12.1. The summed E-state index contributed by atoms with van der Waals surface area (Å²) < 4.78 is 54.9. The molecule has 202 valence electrons. The maximum Gasteiger partial charge on any atom is 0.194 e. The third-order valence-electron chi connectivity index (χ3n) is 7.37. The van der Waals surface area contributed by atoms with Crippen LogP contribution in [0.4, 0.5) is 13.2 Å². The van der Waals surface area contributed by atoms with Gasteiger partial charge < -0.3 is 19.7 Å². The number of rotatable bonds is 5. The van der Waals surface area contributed by atoms with E-state index in [1.165, 1.54) is 6.20 Å². The Kier molecular flexibility index (Phi) is 6.57. The van der Waals surface area contributed by atoms with Crippen LogP contribution in [0.3, 0.4) is 0 Å². The van der Waals surface area contributed by atoms with E-state index < -0.39 is 35.4 Å². The number of aromatic hydroxyl groups is 1. The topological polar surface area (TPSA) is 102 Å². The Bertz CT molecular complexity index is 1540. The number of ether oxygens (including phenoxy) is 2. The van der Waals surface area contributed by atoms with Gasteiger partial charge in [-0.15, -0.1) is 5.10 Å². The van der Waals surface area contributed by atoms with Crippen LogP contribution < -0.4 is 0 Å². The molecule has 3 heterocycles. The Morgan fingerprint density at radius 2 is 1.92 bits per heavy atom. The average Bonchev–Trinajstić information content (AvgIpc) is 3.58. The van der Waals surface area contributed by atoms with Crippen molar-refractivity contribution >= 4 is 17.0 Å². The molecule has 2 N–H and O–H groups in total. The first-order chi connectivity index (χ1) is 18.9. The first-order valence-electron chi connectivity index (χ1n) is 12.6. The van der Waals surface area contributed by atoms with Gasteiger partial charge >= 0.3 is 0 Å². The molecule has 1 spiro atoms. The van der Waals surface area contributed by atoms with Crippen LogP contribution in [0.15, 0.2) is 59.7 Å². The SMILES string of the molecule is OC[C@H]1C[C@H](n2cc(-c3cc(F)c(F)c(F)c3)nn2)C[C@]2(OCC[C@H]2N=Cc2c(O)ccc3ccccc23)O1. The number of hydrogen-bond donors (Lipinski definition) is 2. The highest BCUT2D eigenvalue weighted by atomic mass is 19.2. The van der Waals surface area contributed by atoms with Gasteiger partial charge in [0.15, 0.2) is 23.2 Å². The van der Waals surface area contributed by atoms with E-state index in [0.29, 0.717) is 31.4 Å². The van der Waals surface area contributed by atoms with Crippen LogP contribution in [0.1, 0.15) is 30.9 Å². The molecule has 2 fully saturated rings. The highest BCUT2D eigenvalue weighted by molar-refractivity contribution is 6.02. The van der Waals surface area contributed by atoms with Crippen molar-refractivity contribution in [3.05, 3.63) is 77.7 Å². The third kappa shape index (κ3) is 4.66. The number of halogens is 3. The number of fused-ring (bicyclic) bond motifs is 1. The number of aliphatic hydroxyl groups excluding tert-OH is 1. The lowest BCUT2D eigenvalue weighted by Crippen LogP contribution is -2.51. The lowest BCUT2D eigenvalue weighted by atomic mass is 9.91. The summed E-state index contributed by atoms with van der Waals surface area (Å²) in [4.78, 5) is 4.78. The number of aromatic nitrogens is 3. The number of aliphatic imine (C=N–C) groups is 1. The zero-order valence-corrected chi connectivity index (χ0v) is 20.7. The smallest absolute Gasteiger partial charge is 0.194 e. The fraction of sp³-hybridized carbons (Fsp3) is 0.321. The maximum atomic E-state index is 13.8. The molecule has 2 saturated heterocycles. The zero-order valence-electron chi connectivity index (χ0n) is 20.7. The molecular formula is C28H25F3N4O4. The Morgan fingerprint density at radius 1 is 1.13 bits per heavy atom. The van der Waals surface area contributed by atoms with Crippen LogP contribution in [0.5, 0.6) is 5.75 Å². The largest absolute Gasteiger partial charge is 0.507 e. The van der Waals surface area contributed by atoms with Gasteiger partial charge in [0.25, 0.3) is 0 Å². The molecule has 4 atom stereocenters. The third-order valence-corrected chi connectivity index (χ3v) is 7.37. The summed E-state index contributed by atoms with van der Waals surface area (Å²) in [6.45, 7) is 0.114. The quantitative estimate of drug-likeness (QED) is 0.286. The molecule has 39 heavy (non-hydrogen) atoms. The van der Waals surface area contributed by atoms with Crippen LogP contribution in [0.25, 0.3) is 22.0 Å². The molecule has 4 aromatic rings. The van der Waals surface area contributed by atoms with E-state index in [9.17, 15) is 23.4 Å². The summed E-state index contributed by atoms with van der Waals surface area (Å²) >= 11 is 0. The zero-order chi connectivity index (χ0) is 27.1. The molecule has 0 amide bonds. The van der Waals surface area contributed by atoms with E-state index in [1.54, 1.807) is 17.0 Å². The molecule has 8 nitrogen and oxygen atoms in total. The van der Waals surface area contributed by atoms with E-state index >= 15 is 0 Å². The van der Waals surface area contributed by atoms with Gasteiger partial charge in [0.1, 0.15) is 17.5 Å². The van der Waals surface area contributed by atoms with Crippen molar-refractivity contribution in [2.24, 2.45) is 4.99 Å². The van der Waals surface area contributed by atoms with Gasteiger partial charge in [-0.1, -0.05) is 35.5 Å². The normalized spacial score (nSPS) is 25.3. The first kappa shape index (κ1) is 25.5. The maximum absolute atomic E-state index is 13.8. The van der Waals surface area contributed by atoms with Gasteiger partial charge in [-0.05, 0) is 41.8 Å². The average molecular weight is 539 g/mol. The predicted molar refractivity (Wildman–Crippen MR) is 136 cm³/mol. The van der Waals surface area contributed by atoms with Crippen molar-refractivity contribution in [2.75, 3.05) is 13.2 Å². The fourth-order valence-electron chi connectivity index (χ4n) is 5.44. The molecule has 6 rings (SSSR count). The molecule has 0 unspecified atom stereocenters. The van der Waals surface area contributed by atoms with E-state index in [0.717, 1.165) is 22.9 Å². The van der Waals surface area contributed by atoms with Crippen LogP contribution in [-0.4, -0.2) is 62.6 Å². The Hall–Kier alpha value is -3.80. The summed E-state index contributed by atoms with van der Waals surface area (Å²) in [5, 5.41) is 30.5. The molecule has 1 aromatic heterocycles. The van der Waals surface area contributed by atoms with Crippen LogP contribution in [0.2, 0.25) is 0 Å². The Morgan fingerprint density at radius 3 is 2.72 bits per heavy atom. The second kappa shape index (κ2) is 10.1. The van der Waals surface area contributed by atoms with Gasteiger partial charge in [0.2, 0.25) is 0 Å². The summed E-state index contributed by atoms with van der Waals surface area (Å²) in [7, 11) is 0. The molecule has 2 aliphatic heterocycles. The monoisotopic (exact) mass is 538 g/mol. The van der Waals surface area contributed by atoms with Crippen molar-refractivity contribution in [3.63, 3.8) is 0 Å². The first-order valence-corrected chi connectivity index (χ1v) is 12.6. The second-order valence-corrected chi connectivity index (χ2v) is 9.82. The number of phenols is 1. The van der Waals surface area contributed by atoms with Crippen LogP contribution in [0, 0.1) is 17.5 Å². The fourth-order valence-corrected chi connectivity index (χ4v) is 5.44. The molecular weight excluding hydrogens is 513 g/mol. The molecule has 0 saturated carbocycles. The van der Waals surface area contributed by atoms with Gasteiger partial charge in [-0.25, -0.2) is 17.9 Å². The van der Waals surface area contributed by atoms with Crippen LogP contribution in [-0.2, 0) is 9.47 Å². The summed E-state index contributed by atoms with van der Waals surface area (Å²) in [6.07, 6.45) is 3.83. The summed E-state index contributed by atoms with van der Waals surface area (Å²) in [5.74, 6) is -5.24. The highest BCUT2D eigenvalue weighted by Gasteiger charge is 2.52. The van der Waals surface area contributed by atoms with E-state index in [2.05, 4.69) is 10.3 Å². The van der Waals surface area contributed by atoms with Crippen molar-refractivity contribution in [1.82, 2.24) is 15.0 Å². The van der Waals surface area contributed by atoms with Crippen molar-refractivity contribution in [2.45, 2.75) is 43.2 Å². The number of aliphatic hydroxyl groups is 1. The minimum absolute atomic E-state index is 0.0487. The Balaban J connectivity index is 1.29. The van der Waals surface area contributed by atoms with Gasteiger partial charge in [-0.3, -0.25) is 4.99 Å². The second-order valence-electron chi connectivity index (χ2n) is 9.82. The van der Waals surface area contributed by atoms with E-state index in [4.69, 9.17) is 14.5 Å². The highest BCUT2D eigenvalue weighted by Crippen LogP contribution is 2.44. The van der Waals surface area contributed by atoms with E-state index in [-0.39, 0.29) is 29.7 Å². The molecule has 0 aliphatic carbocycles. The molecule has 3 aromatic carbocycles. The van der Waals surface area contributed by atoms with Crippen molar-refractivity contribution < 1.29 is 32.9 Å².